The maximum atomic E-state index is 13.7. The first kappa shape index (κ1) is 68.7. The first-order valence-electron chi connectivity index (χ1n) is 30.5. The molecular weight excluding hydrogens is 959 g/mol. The summed E-state index contributed by atoms with van der Waals surface area (Å²) in [6.45, 7) is 5.65. The molecule has 0 unspecified atom stereocenters. The molecule has 0 spiro atoms. The number of unbranched alkanes of at least 4 members (excludes halogenated alkanes) is 34. The number of rotatable bonds is 56. The maximum Gasteiger partial charge on any atom is 0.326 e. The third kappa shape index (κ3) is 48.3. The number of carboxylic acid groups (broad SMARTS) is 2. The van der Waals surface area contributed by atoms with Gasteiger partial charge in [0, 0.05) is 37.2 Å². The van der Waals surface area contributed by atoms with Crippen molar-refractivity contribution in [3.05, 3.63) is 0 Å². The van der Waals surface area contributed by atoms with Gasteiger partial charge in [0.25, 0.3) is 0 Å². The highest BCUT2D eigenvalue weighted by atomic mass is 32.2. The fourth-order valence-electron chi connectivity index (χ4n) is 8.93. The van der Waals surface area contributed by atoms with E-state index in [1.807, 2.05) is 0 Å². The minimum atomic E-state index is -1.54. The lowest BCUT2D eigenvalue weighted by Crippen LogP contribution is -2.51. The number of carbonyl (C=O) groups is 7. The zero-order valence-electron chi connectivity index (χ0n) is 48.2. The summed E-state index contributed by atoms with van der Waals surface area (Å²) in [7, 11) is 0. The first-order chi connectivity index (χ1) is 36.3. The van der Waals surface area contributed by atoms with Gasteiger partial charge in [-0.15, -0.1) is 0 Å². The number of esters is 2. The Balaban J connectivity index is 5.53. The molecule has 14 nitrogen and oxygen atoms in total. The molecule has 15 heteroatoms. The lowest BCUT2D eigenvalue weighted by atomic mass is 10.0. The van der Waals surface area contributed by atoms with E-state index >= 15 is 0 Å². The number of hydrogen-bond donors (Lipinski definition) is 5. The summed E-state index contributed by atoms with van der Waals surface area (Å²) in [5, 5.41) is 23.8. The highest BCUT2D eigenvalue weighted by Gasteiger charge is 2.26. The second kappa shape index (κ2) is 53.1. The van der Waals surface area contributed by atoms with Crippen molar-refractivity contribution in [1.29, 1.82) is 0 Å². The number of carbonyl (C=O) groups excluding carboxylic acids is 5. The van der Waals surface area contributed by atoms with Gasteiger partial charge in [0.15, 0.2) is 1.41 Å². The van der Waals surface area contributed by atoms with Gasteiger partial charge in [-0.2, -0.15) is 11.8 Å². The number of nitrogens with one attached hydrogen (secondary N) is 3. The van der Waals surface area contributed by atoms with Crippen LogP contribution in [0.15, 0.2) is 0 Å². The highest BCUT2D eigenvalue weighted by Crippen LogP contribution is 2.18. The molecule has 0 saturated heterocycles. The van der Waals surface area contributed by atoms with E-state index in [4.69, 9.17) is 16.0 Å². The average molecular weight is 1070 g/mol. The Morgan fingerprint density at radius 2 is 0.811 bits per heavy atom. The molecule has 0 aromatic carbocycles. The molecule has 0 fully saturated rings. The van der Waals surface area contributed by atoms with E-state index in [0.29, 0.717) is 24.6 Å². The van der Waals surface area contributed by atoms with Gasteiger partial charge in [0.2, 0.25) is 17.7 Å². The van der Waals surface area contributed by atoms with Crippen LogP contribution >= 0.6 is 11.8 Å². The van der Waals surface area contributed by atoms with E-state index < -0.39 is 73.2 Å². The minimum Gasteiger partial charge on any atom is -0.481 e. The number of carboxylic acids is 2. The average Bonchev–Trinajstić information content (AvgIpc) is 3.38. The Labute approximate surface area is 455 Å². The monoisotopic (exact) mass is 1070 g/mol. The zero-order valence-corrected chi connectivity index (χ0v) is 48.0. The van der Waals surface area contributed by atoms with Crippen LogP contribution in [0.1, 0.15) is 290 Å². The van der Waals surface area contributed by atoms with E-state index in [1.54, 1.807) is 0 Å². The van der Waals surface area contributed by atoms with Crippen molar-refractivity contribution >= 4 is 53.4 Å². The molecule has 3 amide bonds. The van der Waals surface area contributed by atoms with Crippen LogP contribution < -0.4 is 15.9 Å². The van der Waals surface area contributed by atoms with Crippen LogP contribution in [0.5, 0.6) is 0 Å². The Kier molecular flexibility index (Phi) is 49.2. The van der Waals surface area contributed by atoms with E-state index in [2.05, 4.69) is 31.4 Å². The number of aliphatic carboxylic acids is 2. The topological polar surface area (TPSA) is 214 Å². The van der Waals surface area contributed by atoms with Gasteiger partial charge in [0.1, 0.15) is 24.8 Å². The Hall–Kier alpha value is -3.36. The molecule has 74 heavy (non-hydrogen) atoms. The fourth-order valence-corrected chi connectivity index (χ4v) is 9.95. The molecule has 432 valence electrons. The Bertz CT molecular complexity index is 1460. The van der Waals surface area contributed by atoms with Crippen molar-refractivity contribution in [3.63, 3.8) is 0 Å². The van der Waals surface area contributed by atoms with Crippen molar-refractivity contribution in [2.75, 3.05) is 24.7 Å². The SMILES string of the molecule is [2H]N(CC(=O)N[C@@H](CCC(=O)O)C(=O)O)C(=O)[C@H](CSC[C@@H](COC(=O)CCCCCCCCCCCCCCC)OC(=O)CCCCCCCCCCCCCCC)NC(=O)CCCCCCCCCCCCC. The number of hydrogen-bond acceptors (Lipinski definition) is 10. The largest absolute Gasteiger partial charge is 0.481 e. The van der Waals surface area contributed by atoms with Gasteiger partial charge < -0.3 is 35.6 Å². The lowest BCUT2D eigenvalue weighted by molar-refractivity contribution is -0.157. The van der Waals surface area contributed by atoms with E-state index in [9.17, 15) is 38.7 Å². The summed E-state index contributed by atoms with van der Waals surface area (Å²) >= 11 is 1.18. The van der Waals surface area contributed by atoms with E-state index in [-0.39, 0.29) is 43.3 Å². The third-order valence-corrected chi connectivity index (χ3v) is 14.8. The van der Waals surface area contributed by atoms with Gasteiger partial charge in [0.05, 0.1) is 6.54 Å². The summed E-state index contributed by atoms with van der Waals surface area (Å²) in [4.78, 5) is 88.6. The second-order valence-corrected chi connectivity index (χ2v) is 21.8. The molecule has 0 bridgehead atoms. The number of amides is 3. The van der Waals surface area contributed by atoms with Crippen molar-refractivity contribution in [2.24, 2.45) is 0 Å². The molecule has 0 aliphatic carbocycles. The summed E-state index contributed by atoms with van der Waals surface area (Å²) < 4.78 is 20.0. The van der Waals surface area contributed by atoms with Gasteiger partial charge in [-0.3, -0.25) is 28.8 Å². The third-order valence-electron chi connectivity index (χ3n) is 13.6. The van der Waals surface area contributed by atoms with Gasteiger partial charge in [-0.25, -0.2) is 4.79 Å². The highest BCUT2D eigenvalue weighted by molar-refractivity contribution is 7.99. The number of ether oxygens (including phenoxy) is 2. The molecule has 0 rings (SSSR count). The lowest BCUT2D eigenvalue weighted by Gasteiger charge is -2.21. The molecule has 5 N–H and O–H groups in total. The molecule has 0 radical (unpaired) electrons. The minimum absolute atomic E-state index is 0.0595. The number of thioether (sulfide) groups is 1. The normalized spacial score (nSPS) is 12.6. The molecule has 0 heterocycles. The summed E-state index contributed by atoms with van der Waals surface area (Å²) in [5.74, 6) is -5.71. The predicted molar refractivity (Wildman–Crippen MR) is 301 cm³/mol. The van der Waals surface area contributed by atoms with Crippen LogP contribution in [0.4, 0.5) is 0 Å². The zero-order chi connectivity index (χ0) is 55.4. The second-order valence-electron chi connectivity index (χ2n) is 20.8. The van der Waals surface area contributed by atoms with Crippen LogP contribution in [0.3, 0.4) is 0 Å². The van der Waals surface area contributed by atoms with Crippen LogP contribution in [0.2, 0.25) is 1.41 Å². The molecule has 0 aliphatic heterocycles. The molecule has 3 atom stereocenters. The first-order valence-corrected chi connectivity index (χ1v) is 31.3. The summed E-state index contributed by atoms with van der Waals surface area (Å²) in [6.07, 6.45) is 41.9. The summed E-state index contributed by atoms with van der Waals surface area (Å²) in [5.41, 5.74) is 0. The van der Waals surface area contributed by atoms with Crippen LogP contribution in [-0.4, -0.2) is 94.7 Å². The predicted octanol–water partition coefficient (Wildman–Crippen LogP) is 13.9. The fraction of sp³-hybridized carbons (Fsp3) is 0.881. The standard InChI is InChI=1S/C59H109N3O11S/c1-4-7-10-13-16-19-22-24-27-30-33-36-39-42-56(67)72-47-50(73-57(68)43-40-37-34-31-28-25-23-20-17-14-11-8-5-2)48-74-49-52(58(69)60-46-54(64)61-51(59(70)71)44-45-55(65)66)62-53(63)41-38-35-32-29-26-21-18-15-12-9-6-3/h50-52H,4-49H2,1-3H3,(H,60,69)(H,61,64)(H,62,63)(H,65,66)(H,70,71)/t50-,51+,52+/m1/s1/i/hD. The van der Waals surface area contributed by atoms with Gasteiger partial charge >= 0.3 is 23.9 Å². The van der Waals surface area contributed by atoms with E-state index in [0.717, 1.165) is 64.2 Å². The quantitative estimate of drug-likeness (QED) is 0.0284. The van der Waals surface area contributed by atoms with Crippen molar-refractivity contribution in [3.8, 4) is 0 Å². The van der Waals surface area contributed by atoms with Crippen LogP contribution in [-0.2, 0) is 43.0 Å². The van der Waals surface area contributed by atoms with Crippen molar-refractivity contribution in [1.82, 2.24) is 15.9 Å². The Morgan fingerprint density at radius 3 is 1.20 bits per heavy atom. The smallest absolute Gasteiger partial charge is 0.326 e. The summed E-state index contributed by atoms with van der Waals surface area (Å²) in [6, 6.07) is -2.80. The van der Waals surface area contributed by atoms with Gasteiger partial charge in [-0.1, -0.05) is 239 Å². The maximum absolute atomic E-state index is 13.7. The molecule has 0 saturated carbocycles. The van der Waals surface area contributed by atoms with Crippen molar-refractivity contribution in [2.45, 2.75) is 309 Å². The van der Waals surface area contributed by atoms with Crippen LogP contribution in [0.25, 0.3) is 0 Å². The molecule has 0 aromatic rings. The Morgan fingerprint density at radius 1 is 0.446 bits per heavy atom. The molecular formula is C59H109N3O11S. The van der Waals surface area contributed by atoms with E-state index in [1.165, 1.54) is 166 Å². The molecule has 0 aromatic heterocycles. The van der Waals surface area contributed by atoms with Crippen molar-refractivity contribution < 1.29 is 54.7 Å². The van der Waals surface area contributed by atoms with Crippen LogP contribution in [0, 0.1) is 0 Å². The van der Waals surface area contributed by atoms with Gasteiger partial charge in [-0.05, 0) is 25.7 Å². The molecule has 0 aliphatic rings.